The summed E-state index contributed by atoms with van der Waals surface area (Å²) >= 11 is 1.49. The van der Waals surface area contributed by atoms with E-state index in [9.17, 15) is 0 Å². The van der Waals surface area contributed by atoms with E-state index in [1.807, 2.05) is 61.5 Å². The number of nitrogens with zero attached hydrogens (tertiary/aromatic N) is 2. The molecule has 0 aliphatic heterocycles. The third-order valence-electron chi connectivity index (χ3n) is 3.03. The van der Waals surface area contributed by atoms with Crippen LogP contribution in [0.3, 0.4) is 0 Å². The summed E-state index contributed by atoms with van der Waals surface area (Å²) in [6.45, 7) is 2.64. The number of para-hydroxylation sites is 1. The van der Waals surface area contributed by atoms with E-state index < -0.39 is 0 Å². The molecular formula is C17H16N2O2S. The lowest BCUT2D eigenvalue weighted by Crippen LogP contribution is -1.99. The van der Waals surface area contributed by atoms with E-state index in [0.29, 0.717) is 17.7 Å². The van der Waals surface area contributed by atoms with E-state index in [0.717, 1.165) is 17.1 Å². The number of hydrogen-bond acceptors (Lipinski definition) is 5. The van der Waals surface area contributed by atoms with Crippen LogP contribution in [-0.2, 0) is 0 Å². The number of rotatable bonds is 6. The van der Waals surface area contributed by atoms with Gasteiger partial charge in [0.15, 0.2) is 0 Å². The predicted octanol–water partition coefficient (Wildman–Crippen LogP) is 4.22. The van der Waals surface area contributed by atoms with Gasteiger partial charge < -0.3 is 9.15 Å². The molecule has 0 aliphatic carbocycles. The lowest BCUT2D eigenvalue weighted by atomic mass is 10.1. The molecule has 1 aromatic heterocycles. The molecule has 5 heteroatoms. The summed E-state index contributed by atoms with van der Waals surface area (Å²) in [6, 6.07) is 17.8. The number of aromatic nitrogens is 2. The van der Waals surface area contributed by atoms with Crippen molar-refractivity contribution in [1.82, 2.24) is 10.2 Å². The maximum atomic E-state index is 5.65. The van der Waals surface area contributed by atoms with Gasteiger partial charge in [0.2, 0.25) is 5.89 Å². The molecule has 22 heavy (non-hydrogen) atoms. The minimum atomic E-state index is 0.548. The quantitative estimate of drug-likeness (QED) is 0.504. The molecule has 0 spiro atoms. The van der Waals surface area contributed by atoms with Crippen LogP contribution >= 0.6 is 11.8 Å². The van der Waals surface area contributed by atoms with Gasteiger partial charge >= 0.3 is 0 Å². The Bertz CT molecular complexity index is 711. The molecule has 2 aromatic carbocycles. The number of aryl methyl sites for hydroxylation is 1. The molecule has 112 valence electrons. The second-order valence-electron chi connectivity index (χ2n) is 4.75. The molecule has 1 heterocycles. The summed E-state index contributed by atoms with van der Waals surface area (Å²) < 4.78 is 11.3. The minimum Gasteiger partial charge on any atom is -0.493 e. The van der Waals surface area contributed by atoms with Crippen LogP contribution in [0.4, 0.5) is 0 Å². The van der Waals surface area contributed by atoms with Crippen molar-refractivity contribution in [3.8, 4) is 17.2 Å². The normalized spacial score (nSPS) is 10.6. The van der Waals surface area contributed by atoms with Crippen molar-refractivity contribution in [1.29, 1.82) is 0 Å². The van der Waals surface area contributed by atoms with Crippen molar-refractivity contribution in [3.63, 3.8) is 0 Å². The zero-order valence-corrected chi connectivity index (χ0v) is 13.0. The van der Waals surface area contributed by atoms with Gasteiger partial charge in [0.05, 0.1) is 6.61 Å². The molecule has 0 saturated carbocycles. The first-order valence-corrected chi connectivity index (χ1v) is 8.01. The Balaban J connectivity index is 1.50. The smallest absolute Gasteiger partial charge is 0.276 e. The molecule has 0 amide bonds. The second kappa shape index (κ2) is 7.13. The molecule has 3 aromatic rings. The monoisotopic (exact) mass is 312 g/mol. The fourth-order valence-corrected chi connectivity index (χ4v) is 2.46. The van der Waals surface area contributed by atoms with Gasteiger partial charge in [-0.25, -0.2) is 0 Å². The van der Waals surface area contributed by atoms with Crippen molar-refractivity contribution >= 4 is 11.8 Å². The molecule has 0 fully saturated rings. The molecular weight excluding hydrogens is 296 g/mol. The van der Waals surface area contributed by atoms with E-state index in [1.165, 1.54) is 17.3 Å². The van der Waals surface area contributed by atoms with Gasteiger partial charge in [0, 0.05) is 11.3 Å². The van der Waals surface area contributed by atoms with Crippen LogP contribution in [0.2, 0.25) is 0 Å². The summed E-state index contributed by atoms with van der Waals surface area (Å²) in [5.74, 6) is 2.17. The summed E-state index contributed by atoms with van der Waals surface area (Å²) in [5.41, 5.74) is 2.14. The number of benzene rings is 2. The van der Waals surface area contributed by atoms with Crippen LogP contribution in [0.5, 0.6) is 5.75 Å². The first kappa shape index (κ1) is 14.7. The standard InChI is InChI=1S/C17H16N2O2S/c1-13-7-9-14(10-8-13)16-18-19-17(21-16)22-12-11-20-15-5-3-2-4-6-15/h2-10H,11-12H2,1H3. The maximum Gasteiger partial charge on any atom is 0.276 e. The van der Waals surface area contributed by atoms with Crippen LogP contribution in [0.15, 0.2) is 64.2 Å². The van der Waals surface area contributed by atoms with Gasteiger partial charge in [0.1, 0.15) is 5.75 Å². The lowest BCUT2D eigenvalue weighted by Gasteiger charge is -2.03. The minimum absolute atomic E-state index is 0.548. The van der Waals surface area contributed by atoms with Gasteiger partial charge in [-0.1, -0.05) is 47.7 Å². The highest BCUT2D eigenvalue weighted by molar-refractivity contribution is 7.99. The second-order valence-corrected chi connectivity index (χ2v) is 5.80. The van der Waals surface area contributed by atoms with Crippen molar-refractivity contribution in [2.45, 2.75) is 12.1 Å². The molecule has 0 atom stereocenters. The van der Waals surface area contributed by atoms with Gasteiger partial charge in [-0.15, -0.1) is 10.2 Å². The van der Waals surface area contributed by atoms with Crippen LogP contribution in [0.1, 0.15) is 5.56 Å². The summed E-state index contributed by atoms with van der Waals surface area (Å²) in [5, 5.41) is 8.69. The predicted molar refractivity (Wildman–Crippen MR) is 87.1 cm³/mol. The van der Waals surface area contributed by atoms with Gasteiger partial charge in [-0.05, 0) is 31.2 Å². The molecule has 0 bridgehead atoms. The Kier molecular flexibility index (Phi) is 4.75. The van der Waals surface area contributed by atoms with Crippen molar-refractivity contribution in [3.05, 3.63) is 60.2 Å². The summed E-state index contributed by atoms with van der Waals surface area (Å²) in [7, 11) is 0. The number of hydrogen-bond donors (Lipinski definition) is 0. The number of thioether (sulfide) groups is 1. The van der Waals surface area contributed by atoms with E-state index >= 15 is 0 Å². The largest absolute Gasteiger partial charge is 0.493 e. The topological polar surface area (TPSA) is 48.2 Å². The van der Waals surface area contributed by atoms with Crippen molar-refractivity contribution < 1.29 is 9.15 Å². The van der Waals surface area contributed by atoms with E-state index in [-0.39, 0.29) is 0 Å². The number of ether oxygens (including phenoxy) is 1. The molecule has 0 aliphatic rings. The Hall–Kier alpha value is -2.27. The van der Waals surface area contributed by atoms with Crippen LogP contribution in [0, 0.1) is 6.92 Å². The Morgan fingerprint density at radius 3 is 2.55 bits per heavy atom. The molecule has 4 nitrogen and oxygen atoms in total. The Morgan fingerprint density at radius 1 is 1.00 bits per heavy atom. The molecule has 0 saturated heterocycles. The molecule has 0 radical (unpaired) electrons. The highest BCUT2D eigenvalue weighted by Gasteiger charge is 2.08. The maximum absolute atomic E-state index is 5.65. The van der Waals surface area contributed by atoms with E-state index in [1.54, 1.807) is 0 Å². The zero-order chi connectivity index (χ0) is 15.2. The van der Waals surface area contributed by atoms with E-state index in [4.69, 9.17) is 9.15 Å². The highest BCUT2D eigenvalue weighted by Crippen LogP contribution is 2.23. The average molecular weight is 312 g/mol. The summed E-state index contributed by atoms with van der Waals surface area (Å²) in [6.07, 6.45) is 0. The third kappa shape index (κ3) is 3.89. The first-order chi connectivity index (χ1) is 10.8. The van der Waals surface area contributed by atoms with E-state index in [2.05, 4.69) is 10.2 Å². The van der Waals surface area contributed by atoms with Crippen molar-refractivity contribution in [2.24, 2.45) is 0 Å². The fourth-order valence-electron chi connectivity index (χ4n) is 1.89. The van der Waals surface area contributed by atoms with Gasteiger partial charge in [0.25, 0.3) is 5.22 Å². The first-order valence-electron chi connectivity index (χ1n) is 7.02. The molecule has 3 rings (SSSR count). The summed E-state index contributed by atoms with van der Waals surface area (Å²) in [4.78, 5) is 0. The van der Waals surface area contributed by atoms with Gasteiger partial charge in [-0.2, -0.15) is 0 Å². The van der Waals surface area contributed by atoms with Gasteiger partial charge in [-0.3, -0.25) is 0 Å². The average Bonchev–Trinajstić information content (AvgIpc) is 3.02. The SMILES string of the molecule is Cc1ccc(-c2nnc(SCCOc3ccccc3)o2)cc1. The molecule has 0 unspecified atom stereocenters. The fraction of sp³-hybridized carbons (Fsp3) is 0.176. The van der Waals surface area contributed by atoms with Crippen LogP contribution < -0.4 is 4.74 Å². The highest BCUT2D eigenvalue weighted by atomic mass is 32.2. The lowest BCUT2D eigenvalue weighted by molar-refractivity contribution is 0.343. The Morgan fingerprint density at radius 2 is 1.77 bits per heavy atom. The third-order valence-corrected chi connectivity index (χ3v) is 3.81. The zero-order valence-electron chi connectivity index (χ0n) is 12.2. The molecule has 0 N–H and O–H groups in total. The van der Waals surface area contributed by atoms with Crippen LogP contribution in [0.25, 0.3) is 11.5 Å². The van der Waals surface area contributed by atoms with Crippen molar-refractivity contribution in [2.75, 3.05) is 12.4 Å². The Labute approximate surface area is 133 Å². The van der Waals surface area contributed by atoms with Crippen LogP contribution in [-0.4, -0.2) is 22.6 Å².